The molecule has 0 saturated carbocycles. The third-order valence-corrected chi connectivity index (χ3v) is 5.06. The first-order valence-corrected chi connectivity index (χ1v) is 8.34. The van der Waals surface area contributed by atoms with E-state index in [1.54, 1.807) is 0 Å². The Morgan fingerprint density at radius 2 is 2.00 bits per heavy atom. The zero-order chi connectivity index (χ0) is 13.8. The Balaban J connectivity index is 2.41. The van der Waals surface area contributed by atoms with Crippen LogP contribution in [0.3, 0.4) is 0 Å². The molecular formula is C16H20BrNS. The van der Waals surface area contributed by atoms with Crippen molar-refractivity contribution >= 4 is 27.3 Å². The van der Waals surface area contributed by atoms with E-state index in [-0.39, 0.29) is 0 Å². The predicted octanol–water partition coefficient (Wildman–Crippen LogP) is 5.08. The number of hydrogen-bond acceptors (Lipinski definition) is 2. The summed E-state index contributed by atoms with van der Waals surface area (Å²) >= 11 is 5.50. The maximum Gasteiger partial charge on any atom is 0.0674 e. The van der Waals surface area contributed by atoms with Crippen LogP contribution in [0.1, 0.15) is 40.8 Å². The van der Waals surface area contributed by atoms with Crippen LogP contribution in [0.5, 0.6) is 0 Å². The van der Waals surface area contributed by atoms with Crippen molar-refractivity contribution in [2.45, 2.75) is 33.2 Å². The molecule has 3 heteroatoms. The lowest BCUT2D eigenvalue weighted by molar-refractivity contribution is 0.636. The summed E-state index contributed by atoms with van der Waals surface area (Å²) in [5, 5.41) is 3.61. The van der Waals surface area contributed by atoms with Crippen LogP contribution in [0.2, 0.25) is 0 Å². The van der Waals surface area contributed by atoms with Gasteiger partial charge < -0.3 is 5.32 Å². The number of rotatable bonds is 5. The molecule has 0 saturated heterocycles. The van der Waals surface area contributed by atoms with Gasteiger partial charge in [-0.05, 0) is 55.3 Å². The Hall–Kier alpha value is -0.640. The molecule has 1 atom stereocenters. The van der Waals surface area contributed by atoms with E-state index in [4.69, 9.17) is 0 Å². The van der Waals surface area contributed by atoms with Crippen LogP contribution in [0.25, 0.3) is 0 Å². The van der Waals surface area contributed by atoms with Gasteiger partial charge in [-0.15, -0.1) is 11.3 Å². The second kappa shape index (κ2) is 6.69. The highest BCUT2D eigenvalue weighted by Crippen LogP contribution is 2.32. The minimum absolute atomic E-state index is 0.299. The lowest BCUT2D eigenvalue weighted by Gasteiger charge is -2.19. The molecule has 1 aromatic heterocycles. The summed E-state index contributed by atoms with van der Waals surface area (Å²) in [4.78, 5) is 2.85. The van der Waals surface area contributed by atoms with Gasteiger partial charge in [0.1, 0.15) is 0 Å². The van der Waals surface area contributed by atoms with Crippen molar-refractivity contribution < 1.29 is 0 Å². The molecule has 19 heavy (non-hydrogen) atoms. The quantitative estimate of drug-likeness (QED) is 0.802. The Labute approximate surface area is 128 Å². The van der Waals surface area contributed by atoms with Crippen molar-refractivity contribution in [1.29, 1.82) is 0 Å². The van der Waals surface area contributed by atoms with Crippen LogP contribution in [-0.4, -0.2) is 6.54 Å². The fourth-order valence-electron chi connectivity index (χ4n) is 2.23. The molecule has 0 spiro atoms. The minimum Gasteiger partial charge on any atom is -0.306 e. The third-order valence-electron chi connectivity index (χ3n) is 3.28. The Morgan fingerprint density at radius 1 is 1.21 bits per heavy atom. The first-order valence-electron chi connectivity index (χ1n) is 6.73. The Morgan fingerprint density at radius 3 is 2.63 bits per heavy atom. The summed E-state index contributed by atoms with van der Waals surface area (Å²) in [6, 6.07) is 11.3. The van der Waals surface area contributed by atoms with E-state index in [0.29, 0.717) is 6.04 Å². The molecule has 1 unspecified atom stereocenters. The molecule has 0 aliphatic carbocycles. The topological polar surface area (TPSA) is 12.0 Å². The molecule has 102 valence electrons. The van der Waals surface area contributed by atoms with Gasteiger partial charge >= 0.3 is 0 Å². The normalized spacial score (nSPS) is 12.6. The van der Waals surface area contributed by atoms with Crippen molar-refractivity contribution in [3.05, 3.63) is 55.7 Å². The number of thiophene rings is 1. The number of benzene rings is 1. The van der Waals surface area contributed by atoms with Gasteiger partial charge in [-0.1, -0.05) is 35.8 Å². The largest absolute Gasteiger partial charge is 0.306 e. The summed E-state index contributed by atoms with van der Waals surface area (Å²) in [5.74, 6) is 0. The molecule has 0 radical (unpaired) electrons. The molecule has 0 bridgehead atoms. The van der Waals surface area contributed by atoms with E-state index in [0.717, 1.165) is 17.4 Å². The van der Waals surface area contributed by atoms with E-state index < -0.39 is 0 Å². The number of halogens is 1. The predicted molar refractivity (Wildman–Crippen MR) is 88.1 cm³/mol. The van der Waals surface area contributed by atoms with E-state index in [9.17, 15) is 0 Å². The van der Waals surface area contributed by atoms with Gasteiger partial charge in [0.2, 0.25) is 0 Å². The lowest BCUT2D eigenvalue weighted by Crippen LogP contribution is -2.21. The zero-order valence-corrected chi connectivity index (χ0v) is 14.1. The molecule has 0 aliphatic rings. The molecule has 0 fully saturated rings. The Kier molecular flexibility index (Phi) is 5.20. The van der Waals surface area contributed by atoms with E-state index in [1.807, 2.05) is 11.3 Å². The van der Waals surface area contributed by atoms with Gasteiger partial charge in [0.05, 0.1) is 6.04 Å². The van der Waals surface area contributed by atoms with E-state index in [1.165, 1.54) is 20.9 Å². The Bertz CT molecular complexity index is 547. The van der Waals surface area contributed by atoms with Crippen LogP contribution in [0, 0.1) is 6.92 Å². The SMILES string of the molecule is CCNC(c1ccc(CC)s1)c1cc(Br)ccc1C. The van der Waals surface area contributed by atoms with Crippen molar-refractivity contribution in [2.75, 3.05) is 6.54 Å². The molecule has 1 N–H and O–H groups in total. The highest BCUT2D eigenvalue weighted by Gasteiger charge is 2.17. The summed E-state index contributed by atoms with van der Waals surface area (Å²) in [7, 11) is 0. The summed E-state index contributed by atoms with van der Waals surface area (Å²) < 4.78 is 1.14. The van der Waals surface area contributed by atoms with Crippen LogP contribution in [-0.2, 0) is 6.42 Å². The first-order chi connectivity index (χ1) is 9.15. The lowest BCUT2D eigenvalue weighted by atomic mass is 10.00. The monoisotopic (exact) mass is 337 g/mol. The molecular weight excluding hydrogens is 318 g/mol. The fourth-order valence-corrected chi connectivity index (χ4v) is 3.66. The first kappa shape index (κ1) is 14.8. The number of nitrogens with one attached hydrogen (secondary N) is 1. The summed E-state index contributed by atoms with van der Waals surface area (Å²) in [5.41, 5.74) is 2.70. The molecule has 0 amide bonds. The fraction of sp³-hybridized carbons (Fsp3) is 0.375. The second-order valence-electron chi connectivity index (χ2n) is 4.65. The van der Waals surface area contributed by atoms with Crippen LogP contribution < -0.4 is 5.32 Å². The maximum absolute atomic E-state index is 3.61. The molecule has 2 rings (SSSR count). The second-order valence-corrected chi connectivity index (χ2v) is 6.76. The molecule has 1 aromatic carbocycles. The highest BCUT2D eigenvalue weighted by molar-refractivity contribution is 9.10. The van der Waals surface area contributed by atoms with Crippen molar-refractivity contribution in [3.8, 4) is 0 Å². The minimum atomic E-state index is 0.299. The highest BCUT2D eigenvalue weighted by atomic mass is 79.9. The maximum atomic E-state index is 3.61. The van der Waals surface area contributed by atoms with Crippen LogP contribution in [0.4, 0.5) is 0 Å². The van der Waals surface area contributed by atoms with Crippen LogP contribution in [0.15, 0.2) is 34.8 Å². The number of hydrogen-bond donors (Lipinski definition) is 1. The molecule has 0 aliphatic heterocycles. The van der Waals surface area contributed by atoms with Gasteiger partial charge in [0, 0.05) is 14.2 Å². The van der Waals surface area contributed by atoms with Gasteiger partial charge in [0.15, 0.2) is 0 Å². The zero-order valence-electron chi connectivity index (χ0n) is 11.7. The number of aryl methyl sites for hydroxylation is 2. The van der Waals surface area contributed by atoms with E-state index >= 15 is 0 Å². The van der Waals surface area contributed by atoms with Gasteiger partial charge in [-0.25, -0.2) is 0 Å². The standard InChI is InChI=1S/C16H20BrNS/c1-4-13-8-9-15(19-13)16(18-5-2)14-10-12(17)7-6-11(14)3/h6-10,16,18H,4-5H2,1-3H3. The van der Waals surface area contributed by atoms with Gasteiger partial charge in [0.25, 0.3) is 0 Å². The molecule has 1 heterocycles. The third kappa shape index (κ3) is 3.47. The summed E-state index contributed by atoms with van der Waals surface area (Å²) in [6.45, 7) is 7.52. The van der Waals surface area contributed by atoms with Crippen molar-refractivity contribution in [1.82, 2.24) is 5.32 Å². The van der Waals surface area contributed by atoms with Crippen LogP contribution >= 0.6 is 27.3 Å². The van der Waals surface area contributed by atoms with E-state index in [2.05, 4.69) is 72.3 Å². The smallest absolute Gasteiger partial charge is 0.0674 e. The van der Waals surface area contributed by atoms with Crippen molar-refractivity contribution in [2.24, 2.45) is 0 Å². The summed E-state index contributed by atoms with van der Waals surface area (Å²) in [6.07, 6.45) is 1.11. The van der Waals surface area contributed by atoms with Crippen molar-refractivity contribution in [3.63, 3.8) is 0 Å². The van der Waals surface area contributed by atoms with Gasteiger partial charge in [-0.2, -0.15) is 0 Å². The molecule has 2 aromatic rings. The molecule has 1 nitrogen and oxygen atoms in total. The average Bonchev–Trinajstić information content (AvgIpc) is 2.88. The van der Waals surface area contributed by atoms with Gasteiger partial charge in [-0.3, -0.25) is 0 Å². The average molecular weight is 338 g/mol.